The molecule has 0 spiro atoms. The van der Waals surface area contributed by atoms with Gasteiger partial charge in [-0.3, -0.25) is 0 Å². The van der Waals surface area contributed by atoms with Crippen LogP contribution in [0.25, 0.3) is 5.31 Å². The van der Waals surface area contributed by atoms with E-state index in [0.717, 1.165) is 16.6 Å². The highest BCUT2D eigenvalue weighted by atomic mass is 31.2. The van der Waals surface area contributed by atoms with Gasteiger partial charge < -0.3 is 18.3 Å². The second-order valence-electron chi connectivity index (χ2n) is 6.56. The van der Waals surface area contributed by atoms with Crippen LogP contribution in [0.1, 0.15) is 5.56 Å². The number of rotatable bonds is 8. The molecular formula is C24H24O4P2. The average Bonchev–Trinajstić information content (AvgIpc) is 3.32. The number of methoxy groups -OCH3 is 1. The third-order valence-corrected chi connectivity index (χ3v) is 8.24. The Kier molecular flexibility index (Phi) is 7.64. The van der Waals surface area contributed by atoms with E-state index in [4.69, 9.17) is 18.3 Å². The zero-order valence-corrected chi connectivity index (χ0v) is 18.6. The van der Waals surface area contributed by atoms with Crippen LogP contribution in [-0.4, -0.2) is 26.9 Å². The van der Waals surface area contributed by atoms with Gasteiger partial charge in [0, 0.05) is 12.4 Å². The fourth-order valence-electron chi connectivity index (χ4n) is 3.24. The van der Waals surface area contributed by atoms with Gasteiger partial charge in [0.05, 0.1) is 13.2 Å². The minimum atomic E-state index is -1.41. The first-order valence-corrected chi connectivity index (χ1v) is 12.2. The van der Waals surface area contributed by atoms with E-state index < -0.39 is 16.5 Å². The molecule has 1 saturated heterocycles. The van der Waals surface area contributed by atoms with E-state index in [1.807, 2.05) is 18.2 Å². The van der Waals surface area contributed by atoms with Crippen molar-refractivity contribution < 1.29 is 18.3 Å². The Hall–Kier alpha value is -2.06. The Morgan fingerprint density at radius 2 is 1.30 bits per heavy atom. The summed E-state index contributed by atoms with van der Waals surface area (Å²) >= 11 is 0. The van der Waals surface area contributed by atoms with Crippen LogP contribution >= 0.6 is 16.5 Å². The second kappa shape index (κ2) is 10.8. The van der Waals surface area contributed by atoms with Gasteiger partial charge in [-0.05, 0) is 24.1 Å². The molecule has 3 aromatic carbocycles. The van der Waals surface area contributed by atoms with Crippen LogP contribution in [0.15, 0.2) is 96.8 Å². The topological polar surface area (TPSA) is 36.9 Å². The van der Waals surface area contributed by atoms with Crippen LogP contribution in [0.2, 0.25) is 0 Å². The van der Waals surface area contributed by atoms with Crippen molar-refractivity contribution in [3.8, 4) is 0 Å². The molecule has 0 radical (unpaired) electrons. The summed E-state index contributed by atoms with van der Waals surface area (Å²) in [5.41, 5.74) is 1.11. The Balaban J connectivity index is 1.91. The van der Waals surface area contributed by atoms with E-state index in [0.29, 0.717) is 19.8 Å². The number of benzene rings is 3. The monoisotopic (exact) mass is 438 g/mol. The molecule has 4 rings (SSSR count). The lowest BCUT2D eigenvalue weighted by Gasteiger charge is -2.26. The molecule has 0 aromatic heterocycles. The van der Waals surface area contributed by atoms with Crippen molar-refractivity contribution in [1.29, 1.82) is 0 Å². The smallest absolute Gasteiger partial charge is 0.397 e. The molecule has 0 atom stereocenters. The van der Waals surface area contributed by atoms with Gasteiger partial charge in [0.15, 0.2) is 0 Å². The van der Waals surface area contributed by atoms with Gasteiger partial charge in [0.2, 0.25) is 0 Å². The molecule has 1 heterocycles. The summed E-state index contributed by atoms with van der Waals surface area (Å²) in [5, 5.41) is 3.61. The number of ether oxygens (including phenoxy) is 1. The Bertz CT molecular complexity index is 903. The summed E-state index contributed by atoms with van der Waals surface area (Å²) in [7, 11) is -0.613. The van der Waals surface area contributed by atoms with Gasteiger partial charge in [-0.25, -0.2) is 0 Å². The van der Waals surface area contributed by atoms with Crippen molar-refractivity contribution in [3.05, 3.63) is 102 Å². The first-order chi connectivity index (χ1) is 14.9. The molecule has 1 fully saturated rings. The van der Waals surface area contributed by atoms with Crippen LogP contribution in [0.5, 0.6) is 0 Å². The molecule has 4 nitrogen and oxygen atoms in total. The predicted molar refractivity (Wildman–Crippen MR) is 124 cm³/mol. The van der Waals surface area contributed by atoms with Crippen molar-refractivity contribution in [3.63, 3.8) is 0 Å². The van der Waals surface area contributed by atoms with E-state index in [1.54, 1.807) is 7.11 Å². The molecule has 0 N–H and O–H groups in total. The molecule has 0 unspecified atom stereocenters. The summed E-state index contributed by atoms with van der Waals surface area (Å²) < 4.78 is 23.1. The molecule has 3 aromatic rings. The van der Waals surface area contributed by atoms with E-state index in [2.05, 4.69) is 72.8 Å². The Morgan fingerprint density at radius 3 is 1.80 bits per heavy atom. The third-order valence-electron chi connectivity index (χ3n) is 4.50. The highest BCUT2D eigenvalue weighted by Crippen LogP contribution is 2.54. The van der Waals surface area contributed by atoms with E-state index in [-0.39, 0.29) is 0 Å². The summed E-state index contributed by atoms with van der Waals surface area (Å²) in [6, 6.07) is 31.5. The molecular weight excluding hydrogens is 414 g/mol. The minimum absolute atomic E-state index is 0.342. The molecule has 1 aliphatic heterocycles. The fourth-order valence-corrected chi connectivity index (χ4v) is 6.79. The number of hydrogen-bond donors (Lipinski definition) is 0. The molecule has 154 valence electrons. The molecule has 1 aliphatic rings. The first kappa shape index (κ1) is 21.2. The lowest BCUT2D eigenvalue weighted by atomic mass is 10.2. The maximum atomic E-state index is 6.28. The maximum absolute atomic E-state index is 6.28. The maximum Gasteiger partial charge on any atom is 0.397 e. The zero-order chi connectivity index (χ0) is 20.6. The van der Waals surface area contributed by atoms with Crippen molar-refractivity contribution in [2.24, 2.45) is 0 Å². The first-order valence-electron chi connectivity index (χ1n) is 9.78. The SMILES string of the molecule is COCC(OP1OCCO1)=C(c1ccccc1)P(c1ccccc1)c1ccccc1. The van der Waals surface area contributed by atoms with Crippen LogP contribution in [0.4, 0.5) is 0 Å². The van der Waals surface area contributed by atoms with Gasteiger partial charge in [0.1, 0.15) is 12.4 Å². The summed E-state index contributed by atoms with van der Waals surface area (Å²) in [6.07, 6.45) is 0. The third kappa shape index (κ3) is 5.16. The zero-order valence-electron chi connectivity index (χ0n) is 16.8. The van der Waals surface area contributed by atoms with Gasteiger partial charge >= 0.3 is 8.60 Å². The number of hydrogen-bond acceptors (Lipinski definition) is 4. The van der Waals surface area contributed by atoms with Crippen LogP contribution < -0.4 is 10.6 Å². The van der Waals surface area contributed by atoms with Crippen molar-refractivity contribution in [2.45, 2.75) is 0 Å². The molecule has 0 bridgehead atoms. The molecule has 0 aliphatic carbocycles. The van der Waals surface area contributed by atoms with E-state index in [9.17, 15) is 0 Å². The fraction of sp³-hybridized carbons (Fsp3) is 0.167. The average molecular weight is 438 g/mol. The molecule has 6 heteroatoms. The van der Waals surface area contributed by atoms with E-state index in [1.165, 1.54) is 10.6 Å². The highest BCUT2D eigenvalue weighted by Gasteiger charge is 2.29. The van der Waals surface area contributed by atoms with Crippen LogP contribution in [0, 0.1) is 0 Å². The quantitative estimate of drug-likeness (QED) is 0.348. The van der Waals surface area contributed by atoms with Crippen molar-refractivity contribution in [2.75, 3.05) is 26.9 Å². The summed E-state index contributed by atoms with van der Waals surface area (Å²) in [5.74, 6) is 0.760. The van der Waals surface area contributed by atoms with Gasteiger partial charge in [-0.1, -0.05) is 91.0 Å². The standard InChI is InChI=1S/C24H24O4P2/c1-25-19-23(28-30-26-17-18-27-30)24(20-11-5-2-6-12-20)29(21-13-7-3-8-14-21)22-15-9-4-10-16-22/h2-16H,17-19H2,1H3. The van der Waals surface area contributed by atoms with Crippen LogP contribution in [0.3, 0.4) is 0 Å². The predicted octanol–water partition coefficient (Wildman–Crippen LogP) is 5.42. The van der Waals surface area contributed by atoms with Gasteiger partial charge in [-0.15, -0.1) is 0 Å². The summed E-state index contributed by atoms with van der Waals surface area (Å²) in [4.78, 5) is 0. The van der Waals surface area contributed by atoms with E-state index >= 15 is 0 Å². The second-order valence-corrected chi connectivity index (χ2v) is 9.86. The highest BCUT2D eigenvalue weighted by molar-refractivity contribution is 7.82. The Morgan fingerprint density at radius 1 is 0.800 bits per heavy atom. The Labute approximate surface area is 180 Å². The van der Waals surface area contributed by atoms with Crippen molar-refractivity contribution in [1.82, 2.24) is 0 Å². The van der Waals surface area contributed by atoms with Gasteiger partial charge in [0.25, 0.3) is 0 Å². The molecule has 0 amide bonds. The molecule has 0 saturated carbocycles. The summed E-state index contributed by atoms with van der Waals surface area (Å²) in [6.45, 7) is 1.45. The normalized spacial score (nSPS) is 15.3. The van der Waals surface area contributed by atoms with Crippen molar-refractivity contribution >= 4 is 32.4 Å². The largest absolute Gasteiger partial charge is 0.428 e. The lowest BCUT2D eigenvalue weighted by Crippen LogP contribution is -2.15. The lowest BCUT2D eigenvalue weighted by molar-refractivity contribution is 0.181. The van der Waals surface area contributed by atoms with Gasteiger partial charge in [-0.2, -0.15) is 0 Å². The van der Waals surface area contributed by atoms with Crippen LogP contribution in [-0.2, 0) is 18.3 Å². The minimum Gasteiger partial charge on any atom is -0.428 e. The molecule has 30 heavy (non-hydrogen) atoms.